The van der Waals surface area contributed by atoms with Gasteiger partial charge < -0.3 is 19.7 Å². The summed E-state index contributed by atoms with van der Waals surface area (Å²) in [6.45, 7) is 6.20. The molecule has 0 bridgehead atoms. The van der Waals surface area contributed by atoms with Crippen molar-refractivity contribution >= 4 is 23.5 Å². The van der Waals surface area contributed by atoms with Gasteiger partial charge in [0.1, 0.15) is 11.6 Å². The third kappa shape index (κ3) is 4.74. The van der Waals surface area contributed by atoms with Gasteiger partial charge in [0.25, 0.3) is 0 Å². The van der Waals surface area contributed by atoms with Gasteiger partial charge in [-0.2, -0.15) is 0 Å². The molecule has 1 amide bonds. The summed E-state index contributed by atoms with van der Waals surface area (Å²) in [5, 5.41) is 14.0. The maximum absolute atomic E-state index is 12.6. The standard InChI is InChI=1S/C22H25N3O3S/c1-14-15(2)22(29-16(3)20(26)24-19-7-5-6-12-23-19)25(21(14)27)13-17-8-10-18(28-4)11-9-17/h5-12,16,27H,13H2,1-4H3,(H,23,24,26)/t16-/m1/s1. The fourth-order valence-corrected chi connectivity index (χ4v) is 4.04. The molecular formula is C22H25N3O3S. The lowest BCUT2D eigenvalue weighted by Crippen LogP contribution is -2.23. The Morgan fingerprint density at radius 1 is 1.21 bits per heavy atom. The monoisotopic (exact) mass is 411 g/mol. The normalized spacial score (nSPS) is 11.9. The van der Waals surface area contributed by atoms with Crippen LogP contribution < -0.4 is 10.1 Å². The molecule has 29 heavy (non-hydrogen) atoms. The number of rotatable bonds is 7. The Kier molecular flexibility index (Phi) is 6.49. The number of ether oxygens (including phenoxy) is 1. The Labute approximate surface area is 174 Å². The molecule has 3 aromatic rings. The fraction of sp³-hybridized carbons (Fsp3) is 0.273. The predicted octanol–water partition coefficient (Wildman–Crippen LogP) is 4.38. The number of amides is 1. The number of nitrogens with one attached hydrogen (secondary N) is 1. The molecule has 152 valence electrons. The number of thioether (sulfide) groups is 1. The number of hydrogen-bond donors (Lipinski definition) is 2. The summed E-state index contributed by atoms with van der Waals surface area (Å²) in [5.41, 5.74) is 2.82. The molecule has 0 unspecified atom stereocenters. The van der Waals surface area contributed by atoms with E-state index in [1.165, 1.54) is 11.8 Å². The number of aromatic hydroxyl groups is 1. The van der Waals surface area contributed by atoms with Crippen LogP contribution in [-0.4, -0.2) is 32.9 Å². The van der Waals surface area contributed by atoms with Gasteiger partial charge in [-0.05, 0) is 56.2 Å². The average molecular weight is 412 g/mol. The van der Waals surface area contributed by atoms with Crippen LogP contribution in [0.15, 0.2) is 53.7 Å². The Morgan fingerprint density at radius 3 is 2.55 bits per heavy atom. The van der Waals surface area contributed by atoms with Gasteiger partial charge in [-0.25, -0.2) is 4.98 Å². The second-order valence-corrected chi connectivity index (χ2v) is 8.11. The van der Waals surface area contributed by atoms with E-state index in [-0.39, 0.29) is 17.0 Å². The summed E-state index contributed by atoms with van der Waals surface area (Å²) in [5.74, 6) is 1.39. The average Bonchev–Trinajstić information content (AvgIpc) is 2.93. The van der Waals surface area contributed by atoms with Gasteiger partial charge in [0.2, 0.25) is 5.91 Å². The van der Waals surface area contributed by atoms with Crippen molar-refractivity contribution in [1.29, 1.82) is 0 Å². The molecule has 3 rings (SSSR count). The lowest BCUT2D eigenvalue weighted by atomic mass is 10.2. The summed E-state index contributed by atoms with van der Waals surface area (Å²) in [6.07, 6.45) is 1.64. The van der Waals surface area contributed by atoms with Gasteiger partial charge in [-0.3, -0.25) is 4.79 Å². The zero-order chi connectivity index (χ0) is 21.0. The van der Waals surface area contributed by atoms with E-state index < -0.39 is 0 Å². The molecule has 0 fully saturated rings. The second-order valence-electron chi connectivity index (χ2n) is 6.78. The molecule has 0 aliphatic heterocycles. The first-order chi connectivity index (χ1) is 13.9. The van der Waals surface area contributed by atoms with Crippen LogP contribution in [0.5, 0.6) is 11.6 Å². The molecule has 1 aromatic carbocycles. The van der Waals surface area contributed by atoms with E-state index in [1.54, 1.807) is 25.4 Å². The van der Waals surface area contributed by atoms with Crippen molar-refractivity contribution in [2.45, 2.75) is 37.6 Å². The smallest absolute Gasteiger partial charge is 0.238 e. The van der Waals surface area contributed by atoms with E-state index in [1.807, 2.05) is 55.7 Å². The van der Waals surface area contributed by atoms with Crippen LogP contribution in [0.1, 0.15) is 23.6 Å². The molecule has 0 aliphatic rings. The molecule has 2 heterocycles. The maximum atomic E-state index is 12.6. The van der Waals surface area contributed by atoms with Gasteiger partial charge in [0.05, 0.1) is 23.9 Å². The first-order valence-corrected chi connectivity index (χ1v) is 10.2. The SMILES string of the molecule is COc1ccc(Cn2c(O)c(C)c(C)c2S[C@H](C)C(=O)Nc2ccccn2)cc1. The minimum absolute atomic E-state index is 0.137. The molecule has 0 radical (unpaired) electrons. The lowest BCUT2D eigenvalue weighted by Gasteiger charge is -2.15. The highest BCUT2D eigenvalue weighted by atomic mass is 32.2. The van der Waals surface area contributed by atoms with Crippen LogP contribution in [0.4, 0.5) is 5.82 Å². The van der Waals surface area contributed by atoms with Gasteiger partial charge in [-0.1, -0.05) is 30.0 Å². The number of methoxy groups -OCH3 is 1. The molecule has 2 N–H and O–H groups in total. The molecule has 0 saturated carbocycles. The van der Waals surface area contributed by atoms with E-state index in [9.17, 15) is 9.90 Å². The van der Waals surface area contributed by atoms with Gasteiger partial charge in [0, 0.05) is 11.8 Å². The van der Waals surface area contributed by atoms with Crippen molar-refractivity contribution in [3.8, 4) is 11.6 Å². The molecule has 6 nitrogen and oxygen atoms in total. The van der Waals surface area contributed by atoms with Crippen LogP contribution in [-0.2, 0) is 11.3 Å². The van der Waals surface area contributed by atoms with E-state index in [4.69, 9.17) is 4.74 Å². The largest absolute Gasteiger partial charge is 0.497 e. The Hall–Kier alpha value is -2.93. The first kappa shape index (κ1) is 20.8. The third-order valence-electron chi connectivity index (χ3n) is 4.79. The van der Waals surface area contributed by atoms with Crippen molar-refractivity contribution < 1.29 is 14.6 Å². The molecule has 2 aromatic heterocycles. The number of carbonyl (C=O) groups is 1. The van der Waals surface area contributed by atoms with Crippen LogP contribution in [0.25, 0.3) is 0 Å². The van der Waals surface area contributed by atoms with E-state index in [0.717, 1.165) is 27.5 Å². The zero-order valence-electron chi connectivity index (χ0n) is 17.0. The quantitative estimate of drug-likeness (QED) is 0.564. The molecule has 0 aliphatic carbocycles. The summed E-state index contributed by atoms with van der Waals surface area (Å²) < 4.78 is 7.06. The number of carbonyl (C=O) groups excluding carboxylic acids is 1. The third-order valence-corrected chi connectivity index (χ3v) is 6.11. The Bertz CT molecular complexity index is 985. The molecular weight excluding hydrogens is 386 g/mol. The van der Waals surface area contributed by atoms with E-state index in [2.05, 4.69) is 10.3 Å². The number of hydrogen-bond acceptors (Lipinski definition) is 5. The predicted molar refractivity (Wildman–Crippen MR) is 116 cm³/mol. The number of pyridine rings is 1. The van der Waals surface area contributed by atoms with Crippen LogP contribution in [0.3, 0.4) is 0 Å². The number of aromatic nitrogens is 2. The minimum atomic E-state index is -0.362. The van der Waals surface area contributed by atoms with Crippen molar-refractivity contribution in [3.63, 3.8) is 0 Å². The molecule has 0 spiro atoms. The van der Waals surface area contributed by atoms with Crippen molar-refractivity contribution in [1.82, 2.24) is 9.55 Å². The Balaban J connectivity index is 1.80. The fourth-order valence-electron chi connectivity index (χ4n) is 2.93. The number of nitrogens with zero attached hydrogens (tertiary/aromatic N) is 2. The van der Waals surface area contributed by atoms with Crippen molar-refractivity contribution in [2.75, 3.05) is 12.4 Å². The van der Waals surface area contributed by atoms with Crippen LogP contribution in [0.2, 0.25) is 0 Å². The van der Waals surface area contributed by atoms with Crippen LogP contribution in [0, 0.1) is 13.8 Å². The van der Waals surface area contributed by atoms with Gasteiger partial charge in [-0.15, -0.1) is 0 Å². The molecule has 0 saturated heterocycles. The summed E-state index contributed by atoms with van der Waals surface area (Å²) in [7, 11) is 1.63. The van der Waals surface area contributed by atoms with Gasteiger partial charge in [0.15, 0.2) is 5.88 Å². The summed E-state index contributed by atoms with van der Waals surface area (Å²) >= 11 is 1.42. The maximum Gasteiger partial charge on any atom is 0.238 e. The lowest BCUT2D eigenvalue weighted by molar-refractivity contribution is -0.115. The molecule has 7 heteroatoms. The highest BCUT2D eigenvalue weighted by molar-refractivity contribution is 8.00. The van der Waals surface area contributed by atoms with Crippen LogP contribution >= 0.6 is 11.8 Å². The highest BCUT2D eigenvalue weighted by Gasteiger charge is 2.23. The molecule has 1 atom stereocenters. The topological polar surface area (TPSA) is 76.4 Å². The van der Waals surface area contributed by atoms with Crippen molar-refractivity contribution in [2.24, 2.45) is 0 Å². The highest BCUT2D eigenvalue weighted by Crippen LogP contribution is 2.37. The summed E-state index contributed by atoms with van der Waals surface area (Å²) in [4.78, 5) is 16.7. The van der Waals surface area contributed by atoms with Crippen molar-refractivity contribution in [3.05, 3.63) is 65.4 Å². The van der Waals surface area contributed by atoms with E-state index >= 15 is 0 Å². The van der Waals surface area contributed by atoms with Gasteiger partial charge >= 0.3 is 0 Å². The van der Waals surface area contributed by atoms with E-state index in [0.29, 0.717) is 12.4 Å². The Morgan fingerprint density at radius 2 is 1.93 bits per heavy atom. The summed E-state index contributed by atoms with van der Waals surface area (Å²) in [6, 6.07) is 13.1. The number of benzene rings is 1. The first-order valence-electron chi connectivity index (χ1n) is 9.30. The minimum Gasteiger partial charge on any atom is -0.497 e. The number of anilines is 1. The second kappa shape index (κ2) is 9.05. The zero-order valence-corrected chi connectivity index (χ0v) is 17.8.